The number of fused-ring (bicyclic) bond motifs is 1. The van der Waals surface area contributed by atoms with Crippen molar-refractivity contribution in [3.8, 4) is 0 Å². The molecular weight excluding hydrogens is 252 g/mol. The van der Waals surface area contributed by atoms with Gasteiger partial charge >= 0.3 is 0 Å². The lowest BCUT2D eigenvalue weighted by Crippen LogP contribution is -2.25. The number of nitrogens with two attached hydrogens (primary N) is 1. The molecular formula is C15H16N4O. The molecule has 1 aliphatic rings. The first-order valence-corrected chi connectivity index (χ1v) is 6.51. The lowest BCUT2D eigenvalue weighted by atomic mass is 10.1. The zero-order chi connectivity index (χ0) is 14.3. The third-order valence-electron chi connectivity index (χ3n) is 3.43. The number of carbonyl (C=O) groups excluding carboxylic acids is 1. The number of hydrogen-bond donors (Lipinski definition) is 1. The molecule has 0 spiro atoms. The summed E-state index contributed by atoms with van der Waals surface area (Å²) in [4.78, 5) is 22.5. The Bertz CT molecular complexity index is 676. The number of anilines is 1. The third-order valence-corrected chi connectivity index (χ3v) is 3.43. The van der Waals surface area contributed by atoms with Crippen LogP contribution in [0.4, 0.5) is 5.95 Å². The van der Waals surface area contributed by atoms with Gasteiger partial charge in [0, 0.05) is 23.9 Å². The molecule has 0 atom stereocenters. The van der Waals surface area contributed by atoms with Crippen LogP contribution in [0.3, 0.4) is 0 Å². The number of amides is 1. The van der Waals surface area contributed by atoms with E-state index in [-0.39, 0.29) is 11.9 Å². The predicted octanol–water partition coefficient (Wildman–Crippen LogP) is 1.83. The number of nitrogens with zero attached hydrogens (tertiary/aromatic N) is 3. The van der Waals surface area contributed by atoms with Crippen LogP contribution in [0.15, 0.2) is 24.4 Å². The largest absolute Gasteiger partial charge is 0.368 e. The van der Waals surface area contributed by atoms with E-state index in [1.54, 1.807) is 11.1 Å². The Labute approximate surface area is 117 Å². The molecule has 2 heterocycles. The molecule has 0 fully saturated rings. The van der Waals surface area contributed by atoms with E-state index in [9.17, 15) is 4.79 Å². The average molecular weight is 268 g/mol. The van der Waals surface area contributed by atoms with Crippen molar-refractivity contribution in [2.45, 2.75) is 26.9 Å². The van der Waals surface area contributed by atoms with Crippen molar-refractivity contribution >= 4 is 11.9 Å². The molecule has 5 nitrogen and oxygen atoms in total. The summed E-state index contributed by atoms with van der Waals surface area (Å²) in [5.41, 5.74) is 10.3. The first-order chi connectivity index (χ1) is 9.52. The molecule has 0 saturated heterocycles. The van der Waals surface area contributed by atoms with E-state index in [4.69, 9.17) is 5.73 Å². The maximum absolute atomic E-state index is 12.6. The predicted molar refractivity (Wildman–Crippen MR) is 75.9 cm³/mol. The molecule has 2 aromatic rings. The maximum atomic E-state index is 12.6. The van der Waals surface area contributed by atoms with Crippen molar-refractivity contribution in [3.05, 3.63) is 52.3 Å². The van der Waals surface area contributed by atoms with Crippen LogP contribution in [0.25, 0.3) is 0 Å². The number of carbonyl (C=O) groups is 1. The minimum atomic E-state index is 0.0216. The second-order valence-electron chi connectivity index (χ2n) is 5.24. The van der Waals surface area contributed by atoms with Crippen LogP contribution in [-0.2, 0) is 13.1 Å². The Morgan fingerprint density at radius 1 is 1.20 bits per heavy atom. The molecule has 0 unspecified atom stereocenters. The average Bonchev–Trinajstić information content (AvgIpc) is 2.79. The summed E-state index contributed by atoms with van der Waals surface area (Å²) in [7, 11) is 0. The highest BCUT2D eigenvalue weighted by Crippen LogP contribution is 2.23. The summed E-state index contributed by atoms with van der Waals surface area (Å²) < 4.78 is 0. The highest BCUT2D eigenvalue weighted by molar-refractivity contribution is 5.94. The van der Waals surface area contributed by atoms with Crippen LogP contribution >= 0.6 is 0 Å². The Balaban J connectivity index is 1.87. The van der Waals surface area contributed by atoms with Gasteiger partial charge in [0.15, 0.2) is 0 Å². The molecule has 1 aromatic heterocycles. The summed E-state index contributed by atoms with van der Waals surface area (Å²) in [5, 5.41) is 0. The van der Waals surface area contributed by atoms with Gasteiger partial charge in [-0.3, -0.25) is 4.79 Å². The molecule has 1 aromatic carbocycles. The van der Waals surface area contributed by atoms with Gasteiger partial charge in [0.1, 0.15) is 0 Å². The summed E-state index contributed by atoms with van der Waals surface area (Å²) >= 11 is 0. The molecule has 5 heteroatoms. The fourth-order valence-electron chi connectivity index (χ4n) is 2.59. The fraction of sp³-hybridized carbons (Fsp3) is 0.267. The minimum Gasteiger partial charge on any atom is -0.368 e. The normalized spacial score (nSPS) is 13.4. The molecule has 0 radical (unpaired) electrons. The lowest BCUT2D eigenvalue weighted by molar-refractivity contribution is 0.0750. The summed E-state index contributed by atoms with van der Waals surface area (Å²) in [6.07, 6.45) is 1.70. The molecule has 1 amide bonds. The van der Waals surface area contributed by atoms with Crippen LogP contribution in [0.5, 0.6) is 0 Å². The van der Waals surface area contributed by atoms with Gasteiger partial charge in [0.2, 0.25) is 5.95 Å². The zero-order valence-corrected chi connectivity index (χ0v) is 11.6. The van der Waals surface area contributed by atoms with E-state index in [2.05, 4.69) is 16.0 Å². The third kappa shape index (κ3) is 2.22. The Morgan fingerprint density at radius 3 is 2.60 bits per heavy atom. The first-order valence-electron chi connectivity index (χ1n) is 6.51. The van der Waals surface area contributed by atoms with Gasteiger partial charge in [-0.05, 0) is 26.0 Å². The van der Waals surface area contributed by atoms with Crippen molar-refractivity contribution in [1.82, 2.24) is 14.9 Å². The van der Waals surface area contributed by atoms with Gasteiger partial charge in [-0.1, -0.05) is 17.2 Å². The molecule has 102 valence electrons. The second kappa shape index (κ2) is 4.59. The van der Waals surface area contributed by atoms with Crippen molar-refractivity contribution in [1.29, 1.82) is 0 Å². The van der Waals surface area contributed by atoms with Crippen molar-refractivity contribution in [3.63, 3.8) is 0 Å². The highest BCUT2D eigenvalue weighted by atomic mass is 16.2. The Hall–Kier alpha value is -2.43. The van der Waals surface area contributed by atoms with Crippen LogP contribution in [0.2, 0.25) is 0 Å². The van der Waals surface area contributed by atoms with E-state index < -0.39 is 0 Å². The molecule has 0 bridgehead atoms. The molecule has 2 N–H and O–H groups in total. The number of hydrogen-bond acceptors (Lipinski definition) is 4. The smallest absolute Gasteiger partial charge is 0.254 e. The monoisotopic (exact) mass is 268 g/mol. The van der Waals surface area contributed by atoms with E-state index >= 15 is 0 Å². The fourth-order valence-corrected chi connectivity index (χ4v) is 2.59. The van der Waals surface area contributed by atoms with Gasteiger partial charge in [-0.2, -0.15) is 0 Å². The van der Waals surface area contributed by atoms with Gasteiger partial charge in [-0.25, -0.2) is 9.97 Å². The summed E-state index contributed by atoms with van der Waals surface area (Å²) in [5.74, 6) is 0.276. The first kappa shape index (κ1) is 12.6. The van der Waals surface area contributed by atoms with Gasteiger partial charge < -0.3 is 10.6 Å². The number of benzene rings is 1. The van der Waals surface area contributed by atoms with Gasteiger partial charge in [0.25, 0.3) is 5.91 Å². The van der Waals surface area contributed by atoms with E-state index in [0.29, 0.717) is 13.1 Å². The van der Waals surface area contributed by atoms with Crippen LogP contribution in [-0.4, -0.2) is 20.8 Å². The quantitative estimate of drug-likeness (QED) is 0.856. The highest BCUT2D eigenvalue weighted by Gasteiger charge is 2.26. The molecule has 0 aliphatic carbocycles. The lowest BCUT2D eigenvalue weighted by Gasteiger charge is -2.15. The number of rotatable bonds is 1. The van der Waals surface area contributed by atoms with Crippen LogP contribution < -0.4 is 5.73 Å². The number of aryl methyl sites for hydroxylation is 2. The zero-order valence-electron chi connectivity index (χ0n) is 11.6. The summed E-state index contributed by atoms with van der Waals surface area (Å²) in [6, 6.07) is 5.89. The van der Waals surface area contributed by atoms with Crippen molar-refractivity contribution in [2.75, 3.05) is 5.73 Å². The van der Waals surface area contributed by atoms with E-state index in [1.165, 1.54) is 0 Å². The number of nitrogen functional groups attached to an aromatic ring is 1. The van der Waals surface area contributed by atoms with E-state index in [0.717, 1.165) is 27.9 Å². The SMILES string of the molecule is Cc1cc(C)cc(C(=O)N2Cc3cnc(N)nc3C2)c1. The maximum Gasteiger partial charge on any atom is 0.254 e. The Morgan fingerprint density at radius 2 is 1.90 bits per heavy atom. The minimum absolute atomic E-state index is 0.0216. The second-order valence-corrected chi connectivity index (χ2v) is 5.24. The molecule has 3 rings (SSSR count). The van der Waals surface area contributed by atoms with E-state index in [1.807, 2.05) is 26.0 Å². The van der Waals surface area contributed by atoms with Gasteiger partial charge in [0.05, 0.1) is 12.2 Å². The molecule has 20 heavy (non-hydrogen) atoms. The summed E-state index contributed by atoms with van der Waals surface area (Å²) in [6.45, 7) is 5.03. The molecule has 0 saturated carbocycles. The standard InChI is InChI=1S/C15H16N4O/c1-9-3-10(2)5-11(4-9)14(20)19-7-12-6-17-15(16)18-13(12)8-19/h3-6H,7-8H2,1-2H3,(H2,16,17,18). The molecule has 1 aliphatic heterocycles. The topological polar surface area (TPSA) is 72.1 Å². The van der Waals surface area contributed by atoms with Gasteiger partial charge in [-0.15, -0.1) is 0 Å². The number of aromatic nitrogens is 2. The van der Waals surface area contributed by atoms with Crippen molar-refractivity contribution < 1.29 is 4.79 Å². The van der Waals surface area contributed by atoms with Crippen molar-refractivity contribution in [2.24, 2.45) is 0 Å². The van der Waals surface area contributed by atoms with Crippen LogP contribution in [0, 0.1) is 13.8 Å². The Kier molecular flexibility index (Phi) is 2.89. The van der Waals surface area contributed by atoms with Crippen LogP contribution in [0.1, 0.15) is 32.7 Å².